The summed E-state index contributed by atoms with van der Waals surface area (Å²) in [5.41, 5.74) is -0.577. The second kappa shape index (κ2) is 5.33. The highest BCUT2D eigenvalue weighted by atomic mass is 19.1. The van der Waals surface area contributed by atoms with Gasteiger partial charge in [0.2, 0.25) is 0 Å². The molecule has 2 heterocycles. The molecule has 0 saturated carbocycles. The van der Waals surface area contributed by atoms with E-state index >= 15 is 0 Å². The zero-order valence-corrected chi connectivity index (χ0v) is 12.8. The van der Waals surface area contributed by atoms with Gasteiger partial charge in [0, 0.05) is 18.2 Å². The number of rotatable bonds is 4. The molecule has 1 saturated heterocycles. The fourth-order valence-corrected chi connectivity index (χ4v) is 1.98. The molecule has 1 aromatic rings. The van der Waals surface area contributed by atoms with Crippen molar-refractivity contribution in [1.82, 2.24) is 4.98 Å². The minimum atomic E-state index is -0.704. The summed E-state index contributed by atoms with van der Waals surface area (Å²) in [6.45, 7) is 10.5. The number of nitrogens with one attached hydrogen (secondary N) is 1. The Morgan fingerprint density at radius 3 is 2.40 bits per heavy atom. The normalized spacial score (nSPS) is 20.2. The van der Waals surface area contributed by atoms with E-state index in [0.717, 1.165) is 6.42 Å². The van der Waals surface area contributed by atoms with E-state index in [0.29, 0.717) is 12.0 Å². The van der Waals surface area contributed by atoms with Crippen LogP contribution >= 0.6 is 0 Å². The average molecular weight is 280 g/mol. The maximum atomic E-state index is 14.5. The molecule has 0 aromatic carbocycles. The van der Waals surface area contributed by atoms with Crippen LogP contribution in [0, 0.1) is 5.82 Å². The molecule has 20 heavy (non-hydrogen) atoms. The first-order valence-corrected chi connectivity index (χ1v) is 7.02. The number of anilines is 1. The summed E-state index contributed by atoms with van der Waals surface area (Å²) < 4.78 is 26.2. The van der Waals surface area contributed by atoms with Gasteiger partial charge in [-0.25, -0.2) is 9.37 Å². The first kappa shape index (κ1) is 15.3. The lowest BCUT2D eigenvalue weighted by molar-refractivity contribution is 0.00578. The molecule has 1 aromatic heterocycles. The molecule has 0 unspecified atom stereocenters. The third kappa shape index (κ3) is 2.67. The SMILES string of the molecule is CCCNc1nccc(B2OC(C)(C)C(C)(C)O2)c1F. The van der Waals surface area contributed by atoms with Gasteiger partial charge in [-0.1, -0.05) is 6.92 Å². The van der Waals surface area contributed by atoms with Crippen molar-refractivity contribution in [2.24, 2.45) is 0 Å². The molecule has 1 N–H and O–H groups in total. The Morgan fingerprint density at radius 1 is 1.25 bits per heavy atom. The van der Waals surface area contributed by atoms with E-state index in [2.05, 4.69) is 10.3 Å². The largest absolute Gasteiger partial charge is 0.498 e. The molecule has 2 rings (SSSR count). The lowest BCUT2D eigenvalue weighted by atomic mass is 9.79. The number of hydrogen-bond donors (Lipinski definition) is 1. The molecular formula is C14H22BFN2O2. The van der Waals surface area contributed by atoms with E-state index < -0.39 is 24.1 Å². The molecule has 0 aliphatic carbocycles. The van der Waals surface area contributed by atoms with E-state index in [4.69, 9.17) is 9.31 Å². The third-order valence-corrected chi connectivity index (χ3v) is 3.97. The lowest BCUT2D eigenvalue weighted by Crippen LogP contribution is -2.41. The number of nitrogens with zero attached hydrogens (tertiary/aromatic N) is 1. The standard InChI is InChI=1S/C14H22BFN2O2/c1-6-8-17-12-11(16)10(7-9-18-12)15-19-13(2,3)14(4,5)20-15/h7,9H,6,8H2,1-5H3,(H,17,18). The van der Waals surface area contributed by atoms with E-state index in [9.17, 15) is 4.39 Å². The molecule has 110 valence electrons. The summed E-state index contributed by atoms with van der Waals surface area (Å²) in [5, 5.41) is 2.97. The molecular weight excluding hydrogens is 258 g/mol. The van der Waals surface area contributed by atoms with Gasteiger partial charge in [-0.2, -0.15) is 0 Å². The average Bonchev–Trinajstić information content (AvgIpc) is 2.57. The van der Waals surface area contributed by atoms with Crippen LogP contribution in [0.1, 0.15) is 41.0 Å². The molecule has 1 aliphatic rings. The number of hydrogen-bond acceptors (Lipinski definition) is 4. The Labute approximate surface area is 120 Å². The van der Waals surface area contributed by atoms with Crippen molar-refractivity contribution < 1.29 is 13.7 Å². The van der Waals surface area contributed by atoms with Crippen molar-refractivity contribution >= 4 is 18.4 Å². The topological polar surface area (TPSA) is 43.4 Å². The Hall–Kier alpha value is -1.14. The minimum absolute atomic E-state index is 0.249. The minimum Gasteiger partial charge on any atom is -0.399 e. The molecule has 0 bridgehead atoms. The van der Waals surface area contributed by atoms with Gasteiger partial charge in [0.15, 0.2) is 11.6 Å². The first-order chi connectivity index (χ1) is 9.28. The van der Waals surface area contributed by atoms with Crippen LogP contribution in [-0.4, -0.2) is 29.8 Å². The molecule has 0 amide bonds. The quantitative estimate of drug-likeness (QED) is 0.860. The van der Waals surface area contributed by atoms with Gasteiger partial charge >= 0.3 is 7.12 Å². The van der Waals surface area contributed by atoms with E-state index in [-0.39, 0.29) is 5.82 Å². The summed E-state index contributed by atoms with van der Waals surface area (Å²) in [6, 6.07) is 1.61. The maximum Gasteiger partial charge on any atom is 0.498 e. The van der Waals surface area contributed by atoms with Crippen molar-refractivity contribution in [3.8, 4) is 0 Å². The summed E-state index contributed by atoms with van der Waals surface area (Å²) in [4.78, 5) is 4.02. The Balaban J connectivity index is 2.26. The zero-order chi connectivity index (χ0) is 15.0. The van der Waals surface area contributed by atoms with Crippen molar-refractivity contribution in [3.63, 3.8) is 0 Å². The molecule has 0 radical (unpaired) electrons. The first-order valence-electron chi connectivity index (χ1n) is 7.02. The maximum absolute atomic E-state index is 14.5. The Morgan fingerprint density at radius 2 is 1.85 bits per heavy atom. The number of aromatic nitrogens is 1. The second-order valence-electron chi connectivity index (χ2n) is 6.08. The zero-order valence-electron chi connectivity index (χ0n) is 12.8. The fraction of sp³-hybridized carbons (Fsp3) is 0.643. The summed E-state index contributed by atoms with van der Waals surface area (Å²) >= 11 is 0. The van der Waals surface area contributed by atoms with Gasteiger partial charge in [-0.15, -0.1) is 0 Å². The molecule has 0 spiro atoms. The van der Waals surface area contributed by atoms with Gasteiger partial charge in [0.1, 0.15) is 0 Å². The summed E-state index contributed by atoms with van der Waals surface area (Å²) in [5.74, 6) is -0.154. The predicted octanol–water partition coefficient (Wildman–Crippen LogP) is 2.34. The van der Waals surface area contributed by atoms with Crippen molar-refractivity contribution in [2.45, 2.75) is 52.2 Å². The Kier molecular flexibility index (Phi) is 4.07. The highest BCUT2D eigenvalue weighted by Crippen LogP contribution is 2.36. The van der Waals surface area contributed by atoms with Crippen LogP contribution in [0.3, 0.4) is 0 Å². The van der Waals surface area contributed by atoms with Gasteiger partial charge < -0.3 is 14.6 Å². The monoisotopic (exact) mass is 280 g/mol. The number of pyridine rings is 1. The van der Waals surface area contributed by atoms with E-state index in [1.165, 1.54) is 0 Å². The molecule has 6 heteroatoms. The van der Waals surface area contributed by atoms with E-state index in [1.807, 2.05) is 34.6 Å². The van der Waals surface area contributed by atoms with Gasteiger partial charge in [-0.3, -0.25) is 0 Å². The summed E-state index contributed by atoms with van der Waals surface area (Å²) in [6.07, 6.45) is 2.48. The number of halogens is 1. The van der Waals surface area contributed by atoms with Crippen molar-refractivity contribution in [1.29, 1.82) is 0 Å². The van der Waals surface area contributed by atoms with Crippen LogP contribution in [0.15, 0.2) is 12.3 Å². The fourth-order valence-electron chi connectivity index (χ4n) is 1.98. The van der Waals surface area contributed by atoms with Crippen LogP contribution in [0.5, 0.6) is 0 Å². The Bertz CT molecular complexity index is 478. The third-order valence-electron chi connectivity index (χ3n) is 3.97. The lowest BCUT2D eigenvalue weighted by Gasteiger charge is -2.32. The van der Waals surface area contributed by atoms with Gasteiger partial charge in [0.25, 0.3) is 0 Å². The summed E-state index contributed by atoms with van der Waals surface area (Å²) in [7, 11) is -0.704. The van der Waals surface area contributed by atoms with Gasteiger partial charge in [-0.05, 0) is 40.2 Å². The smallest absolute Gasteiger partial charge is 0.399 e. The van der Waals surface area contributed by atoms with Crippen LogP contribution in [0.2, 0.25) is 0 Å². The highest BCUT2D eigenvalue weighted by molar-refractivity contribution is 6.62. The van der Waals surface area contributed by atoms with Crippen LogP contribution < -0.4 is 10.8 Å². The molecule has 1 fully saturated rings. The van der Waals surface area contributed by atoms with Crippen LogP contribution in [-0.2, 0) is 9.31 Å². The van der Waals surface area contributed by atoms with Gasteiger partial charge in [0.05, 0.1) is 11.2 Å². The highest BCUT2D eigenvalue weighted by Gasteiger charge is 2.52. The van der Waals surface area contributed by atoms with E-state index in [1.54, 1.807) is 12.3 Å². The second-order valence-corrected chi connectivity index (χ2v) is 6.08. The van der Waals surface area contributed by atoms with Crippen molar-refractivity contribution in [2.75, 3.05) is 11.9 Å². The molecule has 4 nitrogen and oxygen atoms in total. The molecule has 1 aliphatic heterocycles. The van der Waals surface area contributed by atoms with Crippen molar-refractivity contribution in [3.05, 3.63) is 18.1 Å². The van der Waals surface area contributed by atoms with Crippen LogP contribution in [0.4, 0.5) is 10.2 Å². The van der Waals surface area contributed by atoms with Crippen LogP contribution in [0.25, 0.3) is 0 Å². The molecule has 0 atom stereocenters. The predicted molar refractivity (Wildman–Crippen MR) is 78.7 cm³/mol.